The van der Waals surface area contributed by atoms with Gasteiger partial charge in [-0.05, 0) is 41.3 Å². The fourth-order valence-electron chi connectivity index (χ4n) is 4.16. The Bertz CT molecular complexity index is 1410. The number of rotatable bonds is 5. The van der Waals surface area contributed by atoms with E-state index < -0.39 is 0 Å². The van der Waals surface area contributed by atoms with Gasteiger partial charge in [-0.3, -0.25) is 4.68 Å². The van der Waals surface area contributed by atoms with Crippen molar-refractivity contribution in [2.75, 3.05) is 11.9 Å². The van der Waals surface area contributed by atoms with E-state index in [4.69, 9.17) is 4.74 Å². The minimum atomic E-state index is 0.168. The van der Waals surface area contributed by atoms with Crippen molar-refractivity contribution in [2.45, 2.75) is 12.3 Å². The van der Waals surface area contributed by atoms with Gasteiger partial charge in [0.1, 0.15) is 24.1 Å². The zero-order valence-corrected chi connectivity index (χ0v) is 17.5. The minimum absolute atomic E-state index is 0.168. The highest BCUT2D eigenvalue weighted by molar-refractivity contribution is 5.72. The lowest BCUT2D eigenvalue weighted by molar-refractivity contribution is 0.245. The summed E-state index contributed by atoms with van der Waals surface area (Å²) in [5.74, 6) is 3.49. The topological polar surface area (TPSA) is 82.2 Å². The Morgan fingerprint density at radius 3 is 2.75 bits per heavy atom. The van der Waals surface area contributed by atoms with Crippen LogP contribution >= 0.6 is 0 Å². The molecule has 1 N–H and O–H groups in total. The molecule has 0 unspecified atom stereocenters. The van der Waals surface area contributed by atoms with E-state index in [1.54, 1.807) is 17.1 Å². The summed E-state index contributed by atoms with van der Waals surface area (Å²) in [5, 5.41) is 16.4. The summed E-state index contributed by atoms with van der Waals surface area (Å²) in [5.41, 5.74) is 4.07. The number of hydrogen-bond donors (Lipinski definition) is 1. The maximum absolute atomic E-state index is 6.17. The fourth-order valence-corrected chi connectivity index (χ4v) is 4.16. The Kier molecular flexibility index (Phi) is 4.34. The maximum atomic E-state index is 6.17. The van der Waals surface area contributed by atoms with Crippen LogP contribution in [0.3, 0.4) is 0 Å². The smallest absolute Gasteiger partial charge is 0.201 e. The molecule has 1 aliphatic heterocycles. The molecule has 158 valence electrons. The molecular formula is C24H21N7O. The Balaban J connectivity index is 1.33. The molecule has 1 atom stereocenters. The lowest BCUT2D eigenvalue weighted by atomic mass is 9.98. The summed E-state index contributed by atoms with van der Waals surface area (Å²) >= 11 is 0. The standard InChI is InChI=1S/C24H21N7O/c1-30-21(8-10-26-30)27-20-12-17(7-9-25-20)18-13-22-28-29-24-19(11-16-5-3-2-4-6-16)15-32-23(14-18)31(22)24/h2-10,12-14,19H,11,15H2,1H3,(H,25,27)/t19-/m0/s1. The monoisotopic (exact) mass is 423 g/mol. The molecule has 0 bridgehead atoms. The van der Waals surface area contributed by atoms with Gasteiger partial charge in [-0.1, -0.05) is 30.3 Å². The van der Waals surface area contributed by atoms with Crippen molar-refractivity contribution in [3.8, 4) is 17.0 Å². The molecule has 0 amide bonds. The molecule has 0 aliphatic carbocycles. The molecule has 8 nitrogen and oxygen atoms in total. The third-order valence-electron chi connectivity index (χ3n) is 5.79. The average molecular weight is 423 g/mol. The molecule has 0 saturated carbocycles. The number of benzene rings is 1. The van der Waals surface area contributed by atoms with Crippen LogP contribution in [-0.4, -0.2) is 36.0 Å². The van der Waals surface area contributed by atoms with Crippen molar-refractivity contribution >= 4 is 17.3 Å². The Labute approximate surface area is 184 Å². The van der Waals surface area contributed by atoms with Crippen LogP contribution in [0.1, 0.15) is 17.3 Å². The molecule has 1 aromatic carbocycles. The van der Waals surface area contributed by atoms with Gasteiger partial charge >= 0.3 is 0 Å². The van der Waals surface area contributed by atoms with Gasteiger partial charge in [0.2, 0.25) is 5.88 Å². The van der Waals surface area contributed by atoms with Crippen LogP contribution in [-0.2, 0) is 13.5 Å². The zero-order valence-electron chi connectivity index (χ0n) is 17.5. The first-order valence-electron chi connectivity index (χ1n) is 10.5. The van der Waals surface area contributed by atoms with Gasteiger partial charge in [0, 0.05) is 25.4 Å². The molecule has 1 aliphatic rings. The third kappa shape index (κ3) is 3.26. The highest BCUT2D eigenvalue weighted by atomic mass is 16.5. The molecular weight excluding hydrogens is 402 g/mol. The van der Waals surface area contributed by atoms with Gasteiger partial charge in [0.25, 0.3) is 0 Å². The molecule has 0 fully saturated rings. The van der Waals surface area contributed by atoms with Crippen molar-refractivity contribution in [3.63, 3.8) is 0 Å². The van der Waals surface area contributed by atoms with Gasteiger partial charge in [0.05, 0.1) is 12.1 Å². The zero-order chi connectivity index (χ0) is 21.5. The Hall–Kier alpha value is -4.20. The van der Waals surface area contributed by atoms with Crippen LogP contribution in [0, 0.1) is 0 Å². The SMILES string of the molecule is Cn1nccc1Nc1cc(-c2cc3n4c(nnc4c2)[C@@H](Cc2ccccc2)CO3)ccn1. The van der Waals surface area contributed by atoms with Gasteiger partial charge in [-0.25, -0.2) is 9.38 Å². The van der Waals surface area contributed by atoms with Crippen LogP contribution in [0.5, 0.6) is 5.88 Å². The number of nitrogens with one attached hydrogen (secondary N) is 1. The molecule has 4 aromatic heterocycles. The predicted octanol–water partition coefficient (Wildman–Crippen LogP) is 3.99. The van der Waals surface area contributed by atoms with Gasteiger partial charge in [-0.15, -0.1) is 10.2 Å². The molecule has 5 aromatic rings. The van der Waals surface area contributed by atoms with Gasteiger partial charge in [-0.2, -0.15) is 5.10 Å². The third-order valence-corrected chi connectivity index (χ3v) is 5.79. The van der Waals surface area contributed by atoms with Gasteiger partial charge < -0.3 is 10.1 Å². The van der Waals surface area contributed by atoms with Crippen molar-refractivity contribution in [2.24, 2.45) is 7.05 Å². The summed E-state index contributed by atoms with van der Waals surface area (Å²) in [6.45, 7) is 0.579. The average Bonchev–Trinajstić information content (AvgIpc) is 3.44. The quantitative estimate of drug-likeness (QED) is 0.460. The molecule has 0 saturated heterocycles. The number of ether oxygens (including phenoxy) is 1. The molecule has 32 heavy (non-hydrogen) atoms. The molecule has 5 heterocycles. The van der Waals surface area contributed by atoms with Crippen molar-refractivity contribution in [3.05, 3.63) is 84.4 Å². The number of anilines is 2. The summed E-state index contributed by atoms with van der Waals surface area (Å²) in [6.07, 6.45) is 4.40. The Morgan fingerprint density at radius 1 is 1.00 bits per heavy atom. The second kappa shape index (κ2) is 7.49. The summed E-state index contributed by atoms with van der Waals surface area (Å²) in [4.78, 5) is 4.43. The minimum Gasteiger partial charge on any atom is -0.478 e. The van der Waals surface area contributed by atoms with Crippen LogP contribution < -0.4 is 10.1 Å². The van der Waals surface area contributed by atoms with Crippen LogP contribution in [0.2, 0.25) is 0 Å². The van der Waals surface area contributed by atoms with Crippen molar-refractivity contribution in [1.29, 1.82) is 0 Å². The van der Waals surface area contributed by atoms with Crippen molar-refractivity contribution in [1.82, 2.24) is 29.4 Å². The van der Waals surface area contributed by atoms with E-state index in [0.717, 1.165) is 46.5 Å². The van der Waals surface area contributed by atoms with E-state index in [0.29, 0.717) is 6.61 Å². The first kappa shape index (κ1) is 18.6. The molecule has 0 radical (unpaired) electrons. The second-order valence-electron chi connectivity index (χ2n) is 7.93. The maximum Gasteiger partial charge on any atom is 0.201 e. The highest BCUT2D eigenvalue weighted by Crippen LogP contribution is 2.34. The van der Waals surface area contributed by atoms with Crippen molar-refractivity contribution < 1.29 is 4.74 Å². The van der Waals surface area contributed by atoms with E-state index in [1.165, 1.54) is 5.56 Å². The number of aryl methyl sites for hydroxylation is 1. The highest BCUT2D eigenvalue weighted by Gasteiger charge is 2.27. The molecule has 6 rings (SSSR count). The fraction of sp³-hybridized carbons (Fsp3) is 0.167. The number of nitrogens with zero attached hydrogens (tertiary/aromatic N) is 6. The van der Waals surface area contributed by atoms with E-state index in [1.807, 2.05) is 47.8 Å². The van der Waals surface area contributed by atoms with Crippen LogP contribution in [0.15, 0.2) is 73.1 Å². The van der Waals surface area contributed by atoms with Crippen LogP contribution in [0.25, 0.3) is 16.8 Å². The summed E-state index contributed by atoms with van der Waals surface area (Å²) in [6, 6.07) is 20.4. The van der Waals surface area contributed by atoms with E-state index in [-0.39, 0.29) is 5.92 Å². The molecule has 8 heteroatoms. The van der Waals surface area contributed by atoms with Gasteiger partial charge in [0.15, 0.2) is 5.65 Å². The predicted molar refractivity (Wildman–Crippen MR) is 121 cm³/mol. The summed E-state index contributed by atoms with van der Waals surface area (Å²) in [7, 11) is 1.89. The lowest BCUT2D eigenvalue weighted by Crippen LogP contribution is -2.22. The lowest BCUT2D eigenvalue weighted by Gasteiger charge is -2.23. The normalized spacial score (nSPS) is 15.0. The second-order valence-corrected chi connectivity index (χ2v) is 7.93. The summed E-state index contributed by atoms with van der Waals surface area (Å²) < 4.78 is 9.96. The van der Waals surface area contributed by atoms with E-state index in [2.05, 4.69) is 49.9 Å². The first-order valence-corrected chi connectivity index (χ1v) is 10.5. The number of aromatic nitrogens is 6. The van der Waals surface area contributed by atoms with E-state index >= 15 is 0 Å². The van der Waals surface area contributed by atoms with Crippen LogP contribution in [0.4, 0.5) is 11.6 Å². The number of hydrogen-bond acceptors (Lipinski definition) is 6. The van der Waals surface area contributed by atoms with E-state index in [9.17, 15) is 0 Å². The Morgan fingerprint density at radius 2 is 1.91 bits per heavy atom. The molecule has 0 spiro atoms. The number of pyridine rings is 2. The largest absolute Gasteiger partial charge is 0.478 e. The first-order chi connectivity index (χ1) is 15.7.